The van der Waals surface area contributed by atoms with E-state index >= 15 is 0 Å². The van der Waals surface area contributed by atoms with Crippen molar-refractivity contribution in [2.75, 3.05) is 36.7 Å². The Morgan fingerprint density at radius 2 is 1.75 bits per heavy atom. The lowest BCUT2D eigenvalue weighted by Crippen LogP contribution is -2.24. The summed E-state index contributed by atoms with van der Waals surface area (Å²) in [6.45, 7) is 0.775. The average molecular weight is 321 g/mol. The first kappa shape index (κ1) is 16.7. The van der Waals surface area contributed by atoms with Gasteiger partial charge >= 0.3 is 0 Å². The minimum Gasteiger partial charge on any atom is -0.396 e. The van der Waals surface area contributed by atoms with Crippen molar-refractivity contribution < 1.29 is 16.8 Å². The lowest BCUT2D eigenvalue weighted by molar-refractivity contribution is 0.586. The minimum absolute atomic E-state index is 0.0803. The summed E-state index contributed by atoms with van der Waals surface area (Å²) in [7, 11) is -6.55. The second-order valence-corrected chi connectivity index (χ2v) is 8.25. The number of hydrogen-bond acceptors (Lipinski definition) is 6. The highest BCUT2D eigenvalue weighted by atomic mass is 32.2. The Morgan fingerprint density at radius 3 is 2.30 bits per heavy atom. The van der Waals surface area contributed by atoms with Gasteiger partial charge in [0.05, 0.1) is 22.5 Å². The van der Waals surface area contributed by atoms with Crippen molar-refractivity contribution in [3.63, 3.8) is 0 Å². The summed E-state index contributed by atoms with van der Waals surface area (Å²) in [5, 5.41) is 2.99. The Morgan fingerprint density at radius 1 is 1.10 bits per heavy atom. The molecule has 9 heteroatoms. The number of sulfone groups is 1. The van der Waals surface area contributed by atoms with E-state index in [2.05, 4.69) is 10.0 Å². The zero-order chi connectivity index (χ0) is 15.4. The maximum atomic E-state index is 11.5. The summed E-state index contributed by atoms with van der Waals surface area (Å²) in [4.78, 5) is 0.0803. The normalized spacial score (nSPS) is 12.3. The van der Waals surface area contributed by atoms with Gasteiger partial charge in [0.1, 0.15) is 0 Å². The molecular formula is C11H19N3O4S2. The van der Waals surface area contributed by atoms with Crippen LogP contribution in [0.2, 0.25) is 0 Å². The zero-order valence-corrected chi connectivity index (χ0v) is 13.0. The van der Waals surface area contributed by atoms with Gasteiger partial charge in [-0.25, -0.2) is 21.6 Å². The van der Waals surface area contributed by atoms with E-state index in [4.69, 9.17) is 5.73 Å². The highest BCUT2D eigenvalue weighted by molar-refractivity contribution is 7.90. The van der Waals surface area contributed by atoms with E-state index in [1.54, 1.807) is 12.1 Å². The molecule has 1 aromatic carbocycles. The molecule has 0 aliphatic rings. The molecule has 4 N–H and O–H groups in total. The number of nitrogens with one attached hydrogen (secondary N) is 2. The molecule has 0 amide bonds. The number of anilines is 2. The second-order valence-electron chi connectivity index (χ2n) is 4.44. The monoisotopic (exact) mass is 321 g/mol. The quantitative estimate of drug-likeness (QED) is 0.481. The molecule has 0 saturated carbocycles. The predicted octanol–water partition coefficient (Wildman–Crippen LogP) is 0.0235. The van der Waals surface area contributed by atoms with Crippen LogP contribution >= 0.6 is 0 Å². The highest BCUT2D eigenvalue weighted by Gasteiger charge is 2.13. The molecule has 0 aromatic heterocycles. The average Bonchev–Trinajstić information content (AvgIpc) is 2.27. The lowest BCUT2D eigenvalue weighted by atomic mass is 10.2. The van der Waals surface area contributed by atoms with Crippen LogP contribution in [0, 0.1) is 0 Å². The van der Waals surface area contributed by atoms with Crippen molar-refractivity contribution >= 4 is 31.2 Å². The Balaban J connectivity index is 2.62. The fourth-order valence-electron chi connectivity index (χ4n) is 1.59. The van der Waals surface area contributed by atoms with Crippen LogP contribution in [-0.2, 0) is 19.9 Å². The maximum Gasteiger partial charge on any atom is 0.208 e. The van der Waals surface area contributed by atoms with Crippen molar-refractivity contribution in [2.24, 2.45) is 0 Å². The van der Waals surface area contributed by atoms with Crippen LogP contribution in [0.15, 0.2) is 23.1 Å². The van der Waals surface area contributed by atoms with Crippen LogP contribution in [0.5, 0.6) is 0 Å². The fourth-order valence-corrected chi connectivity index (χ4v) is 2.94. The molecule has 114 valence electrons. The molecule has 0 unspecified atom stereocenters. The van der Waals surface area contributed by atoms with Crippen LogP contribution in [0.1, 0.15) is 6.42 Å². The van der Waals surface area contributed by atoms with Gasteiger partial charge in [0.25, 0.3) is 0 Å². The number of rotatable bonds is 7. The van der Waals surface area contributed by atoms with Gasteiger partial charge in [-0.2, -0.15) is 0 Å². The van der Waals surface area contributed by atoms with E-state index in [0.29, 0.717) is 25.2 Å². The summed E-state index contributed by atoms with van der Waals surface area (Å²) < 4.78 is 47.1. The summed E-state index contributed by atoms with van der Waals surface area (Å²) in [6, 6.07) is 4.72. The third-order valence-corrected chi connectivity index (χ3v) is 4.38. The number of nitrogens with two attached hydrogens (primary N) is 1. The first-order valence-electron chi connectivity index (χ1n) is 5.88. The molecule has 20 heavy (non-hydrogen) atoms. The molecule has 0 heterocycles. The topological polar surface area (TPSA) is 118 Å². The number of sulfonamides is 1. The molecule has 0 radical (unpaired) electrons. The van der Waals surface area contributed by atoms with Crippen molar-refractivity contribution in [3.8, 4) is 0 Å². The third-order valence-electron chi connectivity index (χ3n) is 2.50. The second kappa shape index (κ2) is 6.42. The van der Waals surface area contributed by atoms with Gasteiger partial charge in [-0.1, -0.05) is 6.07 Å². The number of nitrogen functional groups attached to an aromatic ring is 1. The molecule has 0 spiro atoms. The Kier molecular flexibility index (Phi) is 5.37. The molecule has 0 saturated heterocycles. The SMILES string of the molecule is CS(=O)(=O)NCCCNc1cccc(S(C)(=O)=O)c1N. The van der Waals surface area contributed by atoms with Gasteiger partial charge in [-0.05, 0) is 18.6 Å². The van der Waals surface area contributed by atoms with E-state index in [9.17, 15) is 16.8 Å². The van der Waals surface area contributed by atoms with Gasteiger partial charge in [-0.15, -0.1) is 0 Å². The van der Waals surface area contributed by atoms with Crippen LogP contribution in [-0.4, -0.2) is 42.4 Å². The van der Waals surface area contributed by atoms with Crippen molar-refractivity contribution in [3.05, 3.63) is 18.2 Å². The summed E-state index contributed by atoms with van der Waals surface area (Å²) in [6.07, 6.45) is 2.74. The van der Waals surface area contributed by atoms with E-state index in [1.807, 2.05) is 0 Å². The van der Waals surface area contributed by atoms with E-state index in [0.717, 1.165) is 12.5 Å². The molecule has 1 rings (SSSR count). The van der Waals surface area contributed by atoms with Gasteiger partial charge in [0, 0.05) is 19.3 Å². The van der Waals surface area contributed by atoms with Crippen LogP contribution < -0.4 is 15.8 Å². The molecule has 0 atom stereocenters. The van der Waals surface area contributed by atoms with Crippen LogP contribution in [0.25, 0.3) is 0 Å². The van der Waals surface area contributed by atoms with Crippen LogP contribution in [0.4, 0.5) is 11.4 Å². The summed E-state index contributed by atoms with van der Waals surface area (Å²) in [5.74, 6) is 0. The van der Waals surface area contributed by atoms with Gasteiger partial charge in [0.2, 0.25) is 10.0 Å². The molecule has 0 fully saturated rings. The third kappa shape index (κ3) is 5.35. The van der Waals surface area contributed by atoms with E-state index in [-0.39, 0.29) is 10.6 Å². The molecule has 7 nitrogen and oxygen atoms in total. The largest absolute Gasteiger partial charge is 0.396 e. The van der Waals surface area contributed by atoms with Crippen molar-refractivity contribution in [2.45, 2.75) is 11.3 Å². The number of benzene rings is 1. The van der Waals surface area contributed by atoms with Gasteiger partial charge in [0.15, 0.2) is 9.84 Å². The Bertz CT molecular complexity index is 669. The zero-order valence-electron chi connectivity index (χ0n) is 11.4. The summed E-state index contributed by atoms with van der Waals surface area (Å²) >= 11 is 0. The van der Waals surface area contributed by atoms with E-state index in [1.165, 1.54) is 6.07 Å². The predicted molar refractivity (Wildman–Crippen MR) is 79.9 cm³/mol. The molecular weight excluding hydrogens is 302 g/mol. The standard InChI is InChI=1S/C11H19N3O4S2/c1-19(15,16)10-6-3-5-9(11(10)12)13-7-4-8-14-20(2,17)18/h3,5-6,13-14H,4,7-8,12H2,1-2H3. The van der Waals surface area contributed by atoms with Gasteiger partial charge in [-0.3, -0.25) is 0 Å². The number of para-hydroxylation sites is 1. The van der Waals surface area contributed by atoms with Crippen molar-refractivity contribution in [1.82, 2.24) is 4.72 Å². The van der Waals surface area contributed by atoms with Gasteiger partial charge < -0.3 is 11.1 Å². The first-order chi connectivity index (χ1) is 9.11. The number of hydrogen-bond donors (Lipinski definition) is 3. The van der Waals surface area contributed by atoms with E-state index < -0.39 is 19.9 Å². The minimum atomic E-state index is -3.37. The van der Waals surface area contributed by atoms with Crippen LogP contribution in [0.3, 0.4) is 0 Å². The lowest BCUT2D eigenvalue weighted by Gasteiger charge is -2.12. The fraction of sp³-hybridized carbons (Fsp3) is 0.455. The van der Waals surface area contributed by atoms with Crippen molar-refractivity contribution in [1.29, 1.82) is 0 Å². The summed E-state index contributed by atoms with van der Waals surface area (Å²) in [5.41, 5.74) is 6.49. The molecule has 0 aliphatic heterocycles. The highest BCUT2D eigenvalue weighted by Crippen LogP contribution is 2.26. The maximum absolute atomic E-state index is 11.5. The smallest absolute Gasteiger partial charge is 0.208 e. The molecule has 0 bridgehead atoms. The molecule has 0 aliphatic carbocycles. The molecule has 1 aromatic rings. The first-order valence-corrected chi connectivity index (χ1v) is 9.66. The Hall–Kier alpha value is -1.32. The Labute approximate surface area is 119 Å².